The molecule has 102 valence electrons. The number of benzene rings is 1. The molecule has 0 fully saturated rings. The average Bonchev–Trinajstić information content (AvgIpc) is 2.78. The van der Waals surface area contributed by atoms with Crippen LogP contribution in [0, 0.1) is 27.7 Å². The summed E-state index contributed by atoms with van der Waals surface area (Å²) < 4.78 is 1.18. The van der Waals surface area contributed by atoms with Crippen molar-refractivity contribution >= 4 is 27.3 Å². The molecule has 1 unspecified atom stereocenters. The van der Waals surface area contributed by atoms with Crippen molar-refractivity contribution in [1.82, 2.24) is 5.32 Å². The number of hydrogen-bond donors (Lipinski definition) is 1. The van der Waals surface area contributed by atoms with Gasteiger partial charge in [-0.25, -0.2) is 0 Å². The number of aryl methyl sites for hydroxylation is 2. The second-order valence-electron chi connectivity index (χ2n) is 5.04. The maximum atomic E-state index is 3.56. The van der Waals surface area contributed by atoms with Crippen LogP contribution in [0.15, 0.2) is 22.0 Å². The predicted octanol–water partition coefficient (Wildman–Crippen LogP) is 5.05. The van der Waals surface area contributed by atoms with E-state index in [1.807, 2.05) is 7.05 Å². The zero-order valence-corrected chi connectivity index (χ0v) is 14.5. The SMILES string of the molecule is CNC(c1ccc(Br)s1)c1c(C)c(C)cc(C)c1C. The van der Waals surface area contributed by atoms with Crippen LogP contribution in [0.25, 0.3) is 0 Å². The van der Waals surface area contributed by atoms with Gasteiger partial charge < -0.3 is 5.32 Å². The Balaban J connectivity index is 2.61. The number of halogens is 1. The molecule has 1 aromatic carbocycles. The van der Waals surface area contributed by atoms with Crippen molar-refractivity contribution in [2.24, 2.45) is 0 Å². The van der Waals surface area contributed by atoms with E-state index in [1.165, 1.54) is 36.5 Å². The fourth-order valence-electron chi connectivity index (χ4n) is 2.59. The van der Waals surface area contributed by atoms with Crippen LogP contribution in [0.1, 0.15) is 38.7 Å². The molecule has 1 N–H and O–H groups in total. The van der Waals surface area contributed by atoms with Crippen LogP contribution in [0.3, 0.4) is 0 Å². The van der Waals surface area contributed by atoms with Gasteiger partial charge in [-0.1, -0.05) is 6.07 Å². The lowest BCUT2D eigenvalue weighted by Gasteiger charge is -2.23. The third-order valence-electron chi connectivity index (χ3n) is 3.88. The summed E-state index contributed by atoms with van der Waals surface area (Å²) in [6.07, 6.45) is 0. The van der Waals surface area contributed by atoms with E-state index >= 15 is 0 Å². The largest absolute Gasteiger partial charge is 0.309 e. The first-order chi connectivity index (χ1) is 8.95. The average molecular weight is 338 g/mol. The van der Waals surface area contributed by atoms with Crippen LogP contribution in [-0.4, -0.2) is 7.05 Å². The highest BCUT2D eigenvalue weighted by atomic mass is 79.9. The van der Waals surface area contributed by atoms with Crippen molar-refractivity contribution in [2.45, 2.75) is 33.7 Å². The molecular formula is C16H20BrNS. The highest BCUT2D eigenvalue weighted by Crippen LogP contribution is 2.35. The molecule has 0 spiro atoms. The number of rotatable bonds is 3. The fraction of sp³-hybridized carbons (Fsp3) is 0.375. The number of thiophene rings is 1. The molecule has 0 aliphatic rings. The minimum absolute atomic E-state index is 0.273. The van der Waals surface area contributed by atoms with Crippen molar-refractivity contribution in [2.75, 3.05) is 7.05 Å². The second kappa shape index (κ2) is 5.78. The van der Waals surface area contributed by atoms with Gasteiger partial charge in [0.1, 0.15) is 0 Å². The first kappa shape index (κ1) is 14.8. The summed E-state index contributed by atoms with van der Waals surface area (Å²) in [4.78, 5) is 1.35. The lowest BCUT2D eigenvalue weighted by molar-refractivity contribution is 0.693. The van der Waals surface area contributed by atoms with Gasteiger partial charge >= 0.3 is 0 Å². The molecular weight excluding hydrogens is 318 g/mol. The van der Waals surface area contributed by atoms with Crippen LogP contribution in [0.5, 0.6) is 0 Å². The summed E-state index contributed by atoms with van der Waals surface area (Å²) in [5.41, 5.74) is 6.95. The molecule has 1 aromatic heterocycles. The van der Waals surface area contributed by atoms with Gasteiger partial charge in [0.05, 0.1) is 9.83 Å². The Kier molecular flexibility index (Phi) is 4.49. The highest BCUT2D eigenvalue weighted by molar-refractivity contribution is 9.11. The monoisotopic (exact) mass is 337 g/mol. The molecule has 0 aliphatic carbocycles. The molecule has 0 saturated carbocycles. The van der Waals surface area contributed by atoms with Gasteiger partial charge in [-0.2, -0.15) is 0 Å². The van der Waals surface area contributed by atoms with Crippen LogP contribution in [0.4, 0.5) is 0 Å². The third kappa shape index (κ3) is 2.78. The van der Waals surface area contributed by atoms with Gasteiger partial charge in [-0.3, -0.25) is 0 Å². The van der Waals surface area contributed by atoms with Gasteiger partial charge in [0.15, 0.2) is 0 Å². The Morgan fingerprint density at radius 3 is 2.05 bits per heavy atom. The Hall–Kier alpha value is -0.640. The molecule has 1 nitrogen and oxygen atoms in total. The van der Waals surface area contributed by atoms with E-state index in [1.54, 1.807) is 11.3 Å². The van der Waals surface area contributed by atoms with E-state index in [9.17, 15) is 0 Å². The Morgan fingerprint density at radius 1 is 1.05 bits per heavy atom. The van der Waals surface area contributed by atoms with Crippen LogP contribution >= 0.6 is 27.3 Å². The zero-order chi connectivity index (χ0) is 14.2. The summed E-state index contributed by atoms with van der Waals surface area (Å²) in [6, 6.07) is 6.88. The van der Waals surface area contributed by atoms with E-state index in [-0.39, 0.29) is 6.04 Å². The minimum Gasteiger partial charge on any atom is -0.309 e. The van der Waals surface area contributed by atoms with E-state index < -0.39 is 0 Å². The van der Waals surface area contributed by atoms with Crippen LogP contribution in [-0.2, 0) is 0 Å². The van der Waals surface area contributed by atoms with Crippen molar-refractivity contribution in [3.8, 4) is 0 Å². The van der Waals surface area contributed by atoms with E-state index in [4.69, 9.17) is 0 Å². The molecule has 1 heterocycles. The number of hydrogen-bond acceptors (Lipinski definition) is 2. The first-order valence-electron chi connectivity index (χ1n) is 6.45. The molecule has 0 amide bonds. The van der Waals surface area contributed by atoms with Gasteiger partial charge in [0, 0.05) is 4.88 Å². The number of nitrogens with one attached hydrogen (secondary N) is 1. The highest BCUT2D eigenvalue weighted by Gasteiger charge is 2.20. The van der Waals surface area contributed by atoms with Gasteiger partial charge in [-0.05, 0) is 90.6 Å². The molecule has 0 aliphatic heterocycles. The molecule has 19 heavy (non-hydrogen) atoms. The van der Waals surface area contributed by atoms with Crippen molar-refractivity contribution in [3.05, 3.63) is 54.7 Å². The lowest BCUT2D eigenvalue weighted by atomic mass is 9.89. The Labute approximate surface area is 128 Å². The molecule has 0 radical (unpaired) electrons. The van der Waals surface area contributed by atoms with E-state index in [0.717, 1.165) is 0 Å². The third-order valence-corrected chi connectivity index (χ3v) is 5.57. The topological polar surface area (TPSA) is 12.0 Å². The van der Waals surface area contributed by atoms with E-state index in [0.29, 0.717) is 0 Å². The summed E-state index contributed by atoms with van der Waals surface area (Å²) in [5.74, 6) is 0. The second-order valence-corrected chi connectivity index (χ2v) is 7.53. The van der Waals surface area contributed by atoms with Crippen LogP contribution < -0.4 is 5.32 Å². The van der Waals surface area contributed by atoms with Crippen molar-refractivity contribution in [3.63, 3.8) is 0 Å². The first-order valence-corrected chi connectivity index (χ1v) is 8.06. The molecule has 1 atom stereocenters. The Bertz CT molecular complexity index is 575. The zero-order valence-electron chi connectivity index (χ0n) is 12.1. The normalized spacial score (nSPS) is 12.7. The standard InChI is InChI=1S/C16H20BrNS/c1-9-8-10(2)12(4)15(11(9)3)16(18-5)13-6-7-14(17)19-13/h6-8,16,18H,1-5H3. The quantitative estimate of drug-likeness (QED) is 0.825. The maximum absolute atomic E-state index is 3.56. The lowest BCUT2D eigenvalue weighted by Crippen LogP contribution is -2.19. The molecule has 0 saturated heterocycles. The van der Waals surface area contributed by atoms with Crippen molar-refractivity contribution in [1.29, 1.82) is 0 Å². The van der Waals surface area contributed by atoms with Crippen molar-refractivity contribution < 1.29 is 0 Å². The van der Waals surface area contributed by atoms with E-state index in [2.05, 4.69) is 67.1 Å². The summed E-state index contributed by atoms with van der Waals surface area (Å²) >= 11 is 5.36. The van der Waals surface area contributed by atoms with Gasteiger partial charge in [0.2, 0.25) is 0 Å². The predicted molar refractivity (Wildman–Crippen MR) is 88.3 cm³/mol. The van der Waals surface area contributed by atoms with Gasteiger partial charge in [0.25, 0.3) is 0 Å². The Morgan fingerprint density at radius 2 is 1.63 bits per heavy atom. The molecule has 2 rings (SSSR count). The summed E-state index contributed by atoms with van der Waals surface area (Å²) in [7, 11) is 2.04. The smallest absolute Gasteiger partial charge is 0.0702 e. The van der Waals surface area contributed by atoms with Gasteiger partial charge in [-0.15, -0.1) is 11.3 Å². The minimum atomic E-state index is 0.273. The summed E-state index contributed by atoms with van der Waals surface area (Å²) in [6.45, 7) is 8.85. The fourth-order valence-corrected chi connectivity index (χ4v) is 4.14. The van der Waals surface area contributed by atoms with Crippen LogP contribution in [0.2, 0.25) is 0 Å². The maximum Gasteiger partial charge on any atom is 0.0702 e. The molecule has 0 bridgehead atoms. The molecule has 2 aromatic rings. The summed E-state index contributed by atoms with van der Waals surface area (Å²) in [5, 5.41) is 3.47. The molecule has 3 heteroatoms.